The lowest BCUT2D eigenvalue weighted by Gasteiger charge is -2.19. The van der Waals surface area contributed by atoms with Crippen LogP contribution in [0.25, 0.3) is 0 Å². The van der Waals surface area contributed by atoms with Crippen molar-refractivity contribution in [2.24, 2.45) is 0 Å². The zero-order chi connectivity index (χ0) is 16.4. The molecule has 1 aromatic rings. The summed E-state index contributed by atoms with van der Waals surface area (Å²) in [6.45, 7) is 0.686. The number of carbonyl (C=O) groups excluding carboxylic acids is 1. The molecule has 2 aliphatic heterocycles. The molecule has 0 radical (unpaired) electrons. The van der Waals surface area contributed by atoms with Crippen LogP contribution in [0.4, 0.5) is 5.69 Å². The van der Waals surface area contributed by atoms with Gasteiger partial charge in [0.05, 0.1) is 31.9 Å². The van der Waals surface area contributed by atoms with Gasteiger partial charge in [-0.15, -0.1) is 0 Å². The minimum atomic E-state index is -0.593. The molecule has 0 amide bonds. The molecule has 3 rings (SSSR count). The van der Waals surface area contributed by atoms with E-state index in [9.17, 15) is 9.90 Å². The zero-order valence-electron chi connectivity index (χ0n) is 12.5. The number of rotatable bonds is 3. The lowest BCUT2D eigenvalue weighted by Crippen LogP contribution is -2.45. The van der Waals surface area contributed by atoms with Crippen molar-refractivity contribution in [2.45, 2.75) is 24.4 Å². The number of aliphatic hydroxyl groups is 1. The summed E-state index contributed by atoms with van der Waals surface area (Å²) in [7, 11) is 1.33. The first-order chi connectivity index (χ1) is 11.1. The molecule has 0 spiro atoms. The third-order valence-corrected chi connectivity index (χ3v) is 4.11. The van der Waals surface area contributed by atoms with E-state index in [1.54, 1.807) is 24.3 Å². The maximum atomic E-state index is 11.5. The predicted octanol–water partition coefficient (Wildman–Crippen LogP) is 0.287. The Labute approximate surface area is 138 Å². The van der Waals surface area contributed by atoms with Crippen LogP contribution in [0.3, 0.4) is 0 Å². The highest BCUT2D eigenvalue weighted by Crippen LogP contribution is 2.27. The van der Waals surface area contributed by atoms with Crippen molar-refractivity contribution in [3.05, 3.63) is 29.8 Å². The van der Waals surface area contributed by atoms with Crippen LogP contribution >= 0.6 is 12.2 Å². The van der Waals surface area contributed by atoms with Gasteiger partial charge in [0.15, 0.2) is 5.11 Å². The first-order valence-electron chi connectivity index (χ1n) is 7.25. The molecule has 8 heteroatoms. The third kappa shape index (κ3) is 3.45. The van der Waals surface area contributed by atoms with E-state index in [0.29, 0.717) is 23.0 Å². The molecule has 4 atom stereocenters. The van der Waals surface area contributed by atoms with Crippen LogP contribution in [0.5, 0.6) is 0 Å². The Balaban J connectivity index is 1.59. The molecule has 1 aromatic carbocycles. The molecule has 2 fully saturated rings. The summed E-state index contributed by atoms with van der Waals surface area (Å²) in [6, 6.07) is 6.73. The molecule has 0 bridgehead atoms. The number of methoxy groups -OCH3 is 1. The second kappa shape index (κ2) is 6.79. The second-order valence-electron chi connectivity index (χ2n) is 5.44. The van der Waals surface area contributed by atoms with Crippen LogP contribution in [-0.2, 0) is 14.2 Å². The van der Waals surface area contributed by atoms with Crippen molar-refractivity contribution < 1.29 is 24.1 Å². The molecular formula is C15H18N2O5S. The van der Waals surface area contributed by atoms with Gasteiger partial charge in [-0.2, -0.15) is 0 Å². The van der Waals surface area contributed by atoms with Crippen molar-refractivity contribution in [1.82, 2.24) is 5.32 Å². The largest absolute Gasteiger partial charge is 0.465 e. The highest BCUT2D eigenvalue weighted by Gasteiger charge is 2.47. The normalized spacial score (nSPS) is 29.0. The van der Waals surface area contributed by atoms with E-state index in [2.05, 4.69) is 15.4 Å². The van der Waals surface area contributed by atoms with Crippen LogP contribution < -0.4 is 10.6 Å². The quantitative estimate of drug-likeness (QED) is 0.535. The van der Waals surface area contributed by atoms with Gasteiger partial charge in [0.25, 0.3) is 0 Å². The van der Waals surface area contributed by atoms with Gasteiger partial charge in [0.2, 0.25) is 0 Å². The number of anilines is 1. The smallest absolute Gasteiger partial charge is 0.337 e. The fourth-order valence-electron chi connectivity index (χ4n) is 2.78. The number of aliphatic hydroxyl groups excluding tert-OH is 1. The average molecular weight is 338 g/mol. The number of benzene rings is 1. The number of nitrogens with one attached hydrogen (secondary N) is 2. The maximum Gasteiger partial charge on any atom is 0.337 e. The van der Waals surface area contributed by atoms with Crippen molar-refractivity contribution in [2.75, 3.05) is 25.6 Å². The fraction of sp³-hybridized carbons (Fsp3) is 0.467. The Morgan fingerprint density at radius 3 is 2.91 bits per heavy atom. The Bertz CT molecular complexity index is 611. The number of esters is 1. The number of hydrogen-bond donors (Lipinski definition) is 3. The van der Waals surface area contributed by atoms with Crippen molar-refractivity contribution in [3.63, 3.8) is 0 Å². The Morgan fingerprint density at radius 2 is 2.13 bits per heavy atom. The fourth-order valence-corrected chi connectivity index (χ4v) is 3.05. The van der Waals surface area contributed by atoms with Crippen molar-refractivity contribution in [3.8, 4) is 0 Å². The number of ether oxygens (including phenoxy) is 3. The van der Waals surface area contributed by atoms with E-state index in [1.165, 1.54) is 7.11 Å². The molecule has 0 aromatic heterocycles. The van der Waals surface area contributed by atoms with Crippen LogP contribution in [0.2, 0.25) is 0 Å². The van der Waals surface area contributed by atoms with Crippen LogP contribution in [0.15, 0.2) is 24.3 Å². The summed E-state index contributed by atoms with van der Waals surface area (Å²) in [5, 5.41) is 16.3. The molecule has 0 unspecified atom stereocenters. The van der Waals surface area contributed by atoms with Gasteiger partial charge in [-0.3, -0.25) is 0 Å². The maximum absolute atomic E-state index is 11.5. The monoisotopic (exact) mass is 338 g/mol. The molecule has 2 aliphatic rings. The number of thiocarbonyl (C=S) groups is 1. The van der Waals surface area contributed by atoms with E-state index in [4.69, 9.17) is 21.7 Å². The molecule has 7 nitrogen and oxygen atoms in total. The molecule has 2 heterocycles. The van der Waals surface area contributed by atoms with Crippen LogP contribution in [0.1, 0.15) is 10.4 Å². The van der Waals surface area contributed by atoms with Crippen molar-refractivity contribution in [1.29, 1.82) is 0 Å². The Kier molecular flexibility index (Phi) is 4.76. The molecule has 0 saturated carbocycles. The highest BCUT2D eigenvalue weighted by molar-refractivity contribution is 7.80. The highest BCUT2D eigenvalue weighted by atomic mass is 32.1. The summed E-state index contributed by atoms with van der Waals surface area (Å²) < 4.78 is 15.8. The third-order valence-electron chi connectivity index (χ3n) is 3.89. The van der Waals surface area contributed by atoms with E-state index in [1.807, 2.05) is 0 Å². The number of hydrogen-bond acceptors (Lipinski definition) is 6. The first kappa shape index (κ1) is 16.1. The first-order valence-corrected chi connectivity index (χ1v) is 7.66. The molecule has 0 aliphatic carbocycles. The molecular weight excluding hydrogens is 320 g/mol. The molecule has 23 heavy (non-hydrogen) atoms. The van der Waals surface area contributed by atoms with E-state index >= 15 is 0 Å². The van der Waals surface area contributed by atoms with Gasteiger partial charge < -0.3 is 30.0 Å². The number of carbonyl (C=O) groups is 1. The number of fused-ring (bicyclic) bond motifs is 1. The van der Waals surface area contributed by atoms with E-state index in [0.717, 1.165) is 0 Å². The lowest BCUT2D eigenvalue weighted by atomic mass is 10.1. The van der Waals surface area contributed by atoms with E-state index < -0.39 is 12.1 Å². The second-order valence-corrected chi connectivity index (χ2v) is 5.85. The zero-order valence-corrected chi connectivity index (χ0v) is 13.3. The van der Waals surface area contributed by atoms with Gasteiger partial charge in [-0.1, -0.05) is 6.07 Å². The van der Waals surface area contributed by atoms with Gasteiger partial charge >= 0.3 is 5.97 Å². The van der Waals surface area contributed by atoms with Crippen LogP contribution in [-0.4, -0.2) is 60.9 Å². The molecule has 3 N–H and O–H groups in total. The van der Waals surface area contributed by atoms with Crippen molar-refractivity contribution >= 4 is 29.0 Å². The average Bonchev–Trinajstić information content (AvgIpc) is 3.11. The minimum Gasteiger partial charge on any atom is -0.465 e. The molecule has 2 saturated heterocycles. The summed E-state index contributed by atoms with van der Waals surface area (Å²) in [5.41, 5.74) is 1.11. The Morgan fingerprint density at radius 1 is 1.35 bits per heavy atom. The minimum absolute atomic E-state index is 0.124. The summed E-state index contributed by atoms with van der Waals surface area (Å²) in [4.78, 5) is 11.5. The van der Waals surface area contributed by atoms with Gasteiger partial charge in [0, 0.05) is 5.69 Å². The standard InChI is InChI=1S/C15H18N2O5S/c1-20-14(19)8-3-2-4-9(5-8)16-15(23)17-10-6-21-13-11(18)7-22-12(10)13/h2-5,10-13,18H,6-7H2,1H3,(H2,16,17,23)/t10-,11+,12+,13+/m0/s1. The SMILES string of the molecule is COC(=O)c1cccc(NC(=S)N[C@H]2CO[C@H]3[C@@H]2OC[C@H]3O)c1. The van der Waals surface area contributed by atoms with Gasteiger partial charge in [-0.05, 0) is 30.4 Å². The molecule has 124 valence electrons. The van der Waals surface area contributed by atoms with E-state index in [-0.39, 0.29) is 24.9 Å². The predicted molar refractivity (Wildman–Crippen MR) is 86.4 cm³/mol. The summed E-state index contributed by atoms with van der Waals surface area (Å²) >= 11 is 5.29. The summed E-state index contributed by atoms with van der Waals surface area (Å²) in [6.07, 6.45) is -1.12. The van der Waals surface area contributed by atoms with Gasteiger partial charge in [0.1, 0.15) is 18.3 Å². The summed E-state index contributed by atoms with van der Waals surface area (Å²) in [5.74, 6) is -0.409. The van der Waals surface area contributed by atoms with Crippen LogP contribution in [0, 0.1) is 0 Å². The lowest BCUT2D eigenvalue weighted by molar-refractivity contribution is 0.0180. The topological polar surface area (TPSA) is 89.1 Å². The van der Waals surface area contributed by atoms with Gasteiger partial charge in [-0.25, -0.2) is 4.79 Å². The Hall–Kier alpha value is -1.74.